The van der Waals surface area contributed by atoms with Crippen molar-refractivity contribution in [3.8, 4) is 0 Å². The molecule has 5 aliphatic carbocycles. The van der Waals surface area contributed by atoms with Crippen molar-refractivity contribution in [3.63, 3.8) is 0 Å². The van der Waals surface area contributed by atoms with Gasteiger partial charge in [0.15, 0.2) is 0 Å². The monoisotopic (exact) mass is 411 g/mol. The second kappa shape index (κ2) is 6.59. The normalized spacial score (nSPS) is 53.6. The van der Waals surface area contributed by atoms with Gasteiger partial charge in [-0.05, 0) is 92.8 Å². The van der Waals surface area contributed by atoms with Crippen LogP contribution in [0.2, 0.25) is 0 Å². The average molecular weight is 412 g/mol. The Hall–Kier alpha value is -1.32. The van der Waals surface area contributed by atoms with E-state index in [1.54, 1.807) is 6.08 Å². The van der Waals surface area contributed by atoms with E-state index in [2.05, 4.69) is 25.2 Å². The summed E-state index contributed by atoms with van der Waals surface area (Å²) in [5.74, 6) is 3.87. The fraction of sp³-hybridized carbons (Fsp3) is 0.846. The third-order valence-corrected chi connectivity index (χ3v) is 10.7. The maximum Gasteiger partial charge on any atom is 0.330 e. The molecule has 6 rings (SSSR count). The van der Waals surface area contributed by atoms with Crippen molar-refractivity contribution < 1.29 is 14.3 Å². The highest BCUT2D eigenvalue weighted by Gasteiger charge is 2.60. The summed E-state index contributed by atoms with van der Waals surface area (Å²) in [6.07, 6.45) is 15.8. The Balaban J connectivity index is 1.18. The zero-order valence-corrected chi connectivity index (χ0v) is 18.6. The highest BCUT2D eigenvalue weighted by Crippen LogP contribution is 2.64. The molecule has 3 unspecified atom stereocenters. The quantitative estimate of drug-likeness (QED) is 0.674. The molecular formula is C26H37NO3. The molecule has 2 bridgehead atoms. The lowest BCUT2D eigenvalue weighted by atomic mass is 9.49. The predicted molar refractivity (Wildman–Crippen MR) is 114 cm³/mol. The van der Waals surface area contributed by atoms with Crippen LogP contribution in [0.1, 0.15) is 78.1 Å². The molecule has 0 spiro atoms. The summed E-state index contributed by atoms with van der Waals surface area (Å²) in [4.78, 5) is 25.1. The van der Waals surface area contributed by atoms with Gasteiger partial charge < -0.3 is 10.1 Å². The van der Waals surface area contributed by atoms with Gasteiger partial charge in [0, 0.05) is 23.5 Å². The van der Waals surface area contributed by atoms with E-state index < -0.39 is 0 Å². The van der Waals surface area contributed by atoms with Gasteiger partial charge >= 0.3 is 5.97 Å². The van der Waals surface area contributed by atoms with Crippen LogP contribution in [-0.2, 0) is 14.3 Å². The number of nitrogens with one attached hydrogen (secondary N) is 1. The van der Waals surface area contributed by atoms with Crippen molar-refractivity contribution in [1.29, 1.82) is 0 Å². The highest BCUT2D eigenvalue weighted by atomic mass is 16.5. The second-order valence-electron chi connectivity index (χ2n) is 12.2. The molecule has 10 atom stereocenters. The molecule has 1 aliphatic heterocycles. The van der Waals surface area contributed by atoms with Gasteiger partial charge in [-0.3, -0.25) is 4.79 Å². The summed E-state index contributed by atoms with van der Waals surface area (Å²) in [6.45, 7) is 4.78. The molecule has 4 heteroatoms. The molecule has 5 fully saturated rings. The lowest BCUT2D eigenvalue weighted by Gasteiger charge is -2.57. The van der Waals surface area contributed by atoms with Crippen LogP contribution in [0.5, 0.6) is 0 Å². The van der Waals surface area contributed by atoms with Crippen molar-refractivity contribution in [2.45, 2.75) is 90.2 Å². The van der Waals surface area contributed by atoms with E-state index >= 15 is 0 Å². The lowest BCUT2D eigenvalue weighted by molar-refractivity contribution is -0.166. The molecule has 0 aromatic heterocycles. The first-order valence-corrected chi connectivity index (χ1v) is 12.6. The van der Waals surface area contributed by atoms with Crippen molar-refractivity contribution in [2.75, 3.05) is 0 Å². The van der Waals surface area contributed by atoms with E-state index in [0.29, 0.717) is 35.1 Å². The van der Waals surface area contributed by atoms with Crippen LogP contribution in [-0.4, -0.2) is 24.0 Å². The fourth-order valence-corrected chi connectivity index (χ4v) is 9.18. The van der Waals surface area contributed by atoms with Crippen LogP contribution in [0.15, 0.2) is 12.2 Å². The van der Waals surface area contributed by atoms with Gasteiger partial charge in [0.2, 0.25) is 5.91 Å². The largest absolute Gasteiger partial charge is 0.458 e. The molecule has 0 saturated heterocycles. The molecule has 0 aromatic rings. The first kappa shape index (κ1) is 19.4. The summed E-state index contributed by atoms with van der Waals surface area (Å²) in [6, 6.07) is 0.454. The Morgan fingerprint density at radius 2 is 1.93 bits per heavy atom. The molecule has 0 radical (unpaired) electrons. The van der Waals surface area contributed by atoms with Crippen molar-refractivity contribution in [1.82, 2.24) is 5.32 Å². The van der Waals surface area contributed by atoms with Crippen molar-refractivity contribution in [2.24, 2.45) is 46.3 Å². The maximum atomic E-state index is 13.3. The zero-order chi connectivity index (χ0) is 20.7. The molecule has 164 valence electrons. The fourth-order valence-electron chi connectivity index (χ4n) is 9.18. The number of hydrogen-bond donors (Lipinski definition) is 1. The molecule has 5 saturated carbocycles. The van der Waals surface area contributed by atoms with Crippen molar-refractivity contribution >= 4 is 11.9 Å². The van der Waals surface area contributed by atoms with Crippen molar-refractivity contribution in [3.05, 3.63) is 12.2 Å². The van der Waals surface area contributed by atoms with Gasteiger partial charge in [0.05, 0.1) is 0 Å². The summed E-state index contributed by atoms with van der Waals surface area (Å²) in [5.41, 5.74) is 0.275. The number of ether oxygens (including phenoxy) is 1. The number of hydrogen-bond acceptors (Lipinski definition) is 3. The molecule has 0 aromatic carbocycles. The molecule has 4 nitrogen and oxygen atoms in total. The Morgan fingerprint density at radius 1 is 1.07 bits per heavy atom. The molecule has 30 heavy (non-hydrogen) atoms. The Labute approximate surface area is 180 Å². The zero-order valence-electron chi connectivity index (χ0n) is 18.6. The van der Waals surface area contributed by atoms with Crippen LogP contribution in [0.3, 0.4) is 0 Å². The van der Waals surface area contributed by atoms with Gasteiger partial charge in [-0.1, -0.05) is 26.3 Å². The van der Waals surface area contributed by atoms with Crippen LogP contribution in [0.4, 0.5) is 0 Å². The molecule has 6 aliphatic rings. The van der Waals surface area contributed by atoms with E-state index in [-0.39, 0.29) is 23.4 Å². The summed E-state index contributed by atoms with van der Waals surface area (Å²) < 4.78 is 5.75. The summed E-state index contributed by atoms with van der Waals surface area (Å²) in [7, 11) is 0. The van der Waals surface area contributed by atoms with Gasteiger partial charge in [0.1, 0.15) is 6.10 Å². The molecule has 1 amide bonds. The number of amides is 1. The Kier molecular flexibility index (Phi) is 4.26. The minimum Gasteiger partial charge on any atom is -0.458 e. The standard InChI is InChI=1S/C26H37NO3/c1-25-9-7-19-18(5-6-22-26(19,2)10-8-23(28)30-22)20(25)13-17(14-25)24(29)27-21-12-15-3-4-16(21)11-15/h8,10,15-22H,3-7,9,11-14H2,1-2H3,(H,27,29)/t15?,16?,17-,18+,19-,20-,21?,22+,25+,26+/m0/s1. The predicted octanol–water partition coefficient (Wildman–Crippen LogP) is 4.63. The van der Waals surface area contributed by atoms with Crippen LogP contribution >= 0.6 is 0 Å². The summed E-state index contributed by atoms with van der Waals surface area (Å²) >= 11 is 0. The van der Waals surface area contributed by atoms with E-state index in [0.717, 1.165) is 37.5 Å². The van der Waals surface area contributed by atoms with Gasteiger partial charge in [-0.2, -0.15) is 0 Å². The third kappa shape index (κ3) is 2.77. The number of esters is 1. The molecule has 1 heterocycles. The first-order chi connectivity index (χ1) is 14.4. The second-order valence-corrected chi connectivity index (χ2v) is 12.2. The minimum atomic E-state index is -0.171. The van der Waals surface area contributed by atoms with Crippen LogP contribution < -0.4 is 5.32 Å². The topological polar surface area (TPSA) is 55.4 Å². The number of fused-ring (bicyclic) bond motifs is 7. The van der Waals surface area contributed by atoms with E-state index in [4.69, 9.17) is 4.74 Å². The smallest absolute Gasteiger partial charge is 0.330 e. The number of rotatable bonds is 2. The van der Waals surface area contributed by atoms with E-state index in [1.165, 1.54) is 38.5 Å². The molecular weight excluding hydrogens is 374 g/mol. The van der Waals surface area contributed by atoms with Crippen LogP contribution in [0.25, 0.3) is 0 Å². The van der Waals surface area contributed by atoms with Gasteiger partial charge in [-0.25, -0.2) is 4.79 Å². The minimum absolute atomic E-state index is 0.0262. The maximum absolute atomic E-state index is 13.3. The Bertz CT molecular complexity index is 791. The average Bonchev–Trinajstić information content (AvgIpc) is 3.42. The third-order valence-electron chi connectivity index (χ3n) is 10.7. The van der Waals surface area contributed by atoms with E-state index in [1.807, 2.05) is 0 Å². The van der Waals surface area contributed by atoms with Gasteiger partial charge in [-0.15, -0.1) is 0 Å². The Morgan fingerprint density at radius 3 is 2.70 bits per heavy atom. The van der Waals surface area contributed by atoms with Crippen LogP contribution in [0, 0.1) is 46.3 Å². The van der Waals surface area contributed by atoms with E-state index in [9.17, 15) is 9.59 Å². The first-order valence-electron chi connectivity index (χ1n) is 12.6. The lowest BCUT2D eigenvalue weighted by Crippen LogP contribution is -2.54. The number of carbonyl (C=O) groups excluding carboxylic acids is 2. The summed E-state index contributed by atoms with van der Waals surface area (Å²) in [5, 5.41) is 3.50. The SMILES string of the molecule is C[C@]12CC[C@H]3[C@@H](CC[C@H]4OC(=O)C=C[C@@]43C)[C@@H]1C[C@H](C(=O)NC1CC3CCC1C3)C2. The van der Waals surface area contributed by atoms with Gasteiger partial charge in [0.25, 0.3) is 0 Å². The highest BCUT2D eigenvalue weighted by molar-refractivity contribution is 5.83. The molecule has 1 N–H and O–H groups in total. The number of carbonyl (C=O) groups is 2.